The normalized spacial score (nSPS) is 11.6. The van der Waals surface area contributed by atoms with Crippen molar-refractivity contribution in [3.63, 3.8) is 0 Å². The van der Waals surface area contributed by atoms with Crippen molar-refractivity contribution >= 4 is 5.91 Å². The minimum atomic E-state index is -0.0893. The quantitative estimate of drug-likeness (QED) is 0.362. The Kier molecular flexibility index (Phi) is 8.91. The van der Waals surface area contributed by atoms with Crippen molar-refractivity contribution in [3.05, 3.63) is 11.6 Å². The Morgan fingerprint density at radius 3 is 2.44 bits per heavy atom. The molecule has 0 aromatic rings. The van der Waals surface area contributed by atoms with E-state index in [1.54, 1.807) is 13.1 Å². The number of allylic oxidation sites excluding steroid dienone is 1. The minimum Gasteiger partial charge on any atom is -0.274 e. The summed E-state index contributed by atoms with van der Waals surface area (Å²) in [6.07, 6.45) is 8.98. The maximum absolute atomic E-state index is 11.4. The molecule has 0 heterocycles. The van der Waals surface area contributed by atoms with Gasteiger partial charge < -0.3 is 0 Å². The monoisotopic (exact) mass is 227 g/mol. The molecule has 0 saturated heterocycles. The third kappa shape index (κ3) is 7.46. The Morgan fingerprint density at radius 1 is 1.25 bits per heavy atom. The van der Waals surface area contributed by atoms with Crippen molar-refractivity contribution in [1.82, 2.24) is 5.06 Å². The molecule has 1 amide bonds. The molecule has 0 N–H and O–H groups in total. The van der Waals surface area contributed by atoms with Crippen LogP contribution in [0.4, 0.5) is 0 Å². The molecule has 0 aromatic carbocycles. The van der Waals surface area contributed by atoms with Gasteiger partial charge in [0.15, 0.2) is 0 Å². The van der Waals surface area contributed by atoms with Crippen LogP contribution >= 0.6 is 0 Å². The first-order valence-corrected chi connectivity index (χ1v) is 6.10. The fourth-order valence-corrected chi connectivity index (χ4v) is 1.47. The van der Waals surface area contributed by atoms with E-state index >= 15 is 0 Å². The molecule has 0 bridgehead atoms. The third-order valence-electron chi connectivity index (χ3n) is 2.63. The molecule has 3 heteroatoms. The van der Waals surface area contributed by atoms with E-state index in [0.717, 1.165) is 12.0 Å². The first-order valence-electron chi connectivity index (χ1n) is 6.10. The number of hydrogen-bond acceptors (Lipinski definition) is 2. The van der Waals surface area contributed by atoms with Crippen molar-refractivity contribution in [3.8, 4) is 0 Å². The molecule has 0 unspecified atom stereocenters. The second kappa shape index (κ2) is 9.40. The maximum atomic E-state index is 11.4. The minimum absolute atomic E-state index is 0.0893. The zero-order chi connectivity index (χ0) is 12.4. The van der Waals surface area contributed by atoms with Gasteiger partial charge in [0.2, 0.25) is 0 Å². The van der Waals surface area contributed by atoms with Crippen LogP contribution in [0.5, 0.6) is 0 Å². The number of nitrogens with zero attached hydrogens (tertiary/aromatic N) is 1. The summed E-state index contributed by atoms with van der Waals surface area (Å²) < 4.78 is 0. The lowest BCUT2D eigenvalue weighted by atomic mass is 10.1. The zero-order valence-electron chi connectivity index (χ0n) is 11.1. The number of carbonyl (C=O) groups excluding carboxylic acids is 1. The van der Waals surface area contributed by atoms with Crippen LogP contribution in [0.3, 0.4) is 0 Å². The molecular weight excluding hydrogens is 202 g/mol. The summed E-state index contributed by atoms with van der Waals surface area (Å²) in [4.78, 5) is 16.3. The third-order valence-corrected chi connectivity index (χ3v) is 2.63. The first-order chi connectivity index (χ1) is 7.61. The summed E-state index contributed by atoms with van der Waals surface area (Å²) in [5.41, 5.74) is 1.13. The Morgan fingerprint density at radius 2 is 1.88 bits per heavy atom. The highest BCUT2D eigenvalue weighted by molar-refractivity contribution is 5.87. The standard InChI is InChI=1S/C13H25NO2/c1-5-6-7-8-9-10-12(2)11-13(15)14(3)16-4/h11H,5-10H2,1-4H3. The van der Waals surface area contributed by atoms with E-state index < -0.39 is 0 Å². The van der Waals surface area contributed by atoms with E-state index in [0.29, 0.717) is 0 Å². The summed E-state index contributed by atoms with van der Waals surface area (Å²) in [6, 6.07) is 0. The second-order valence-electron chi connectivity index (χ2n) is 4.17. The van der Waals surface area contributed by atoms with Crippen LogP contribution in [-0.4, -0.2) is 25.1 Å². The highest BCUT2D eigenvalue weighted by Gasteiger charge is 2.03. The Labute approximate surface area is 99.4 Å². The number of amides is 1. The summed E-state index contributed by atoms with van der Waals surface area (Å²) in [6.45, 7) is 4.21. The van der Waals surface area contributed by atoms with Gasteiger partial charge in [-0.1, -0.05) is 38.2 Å². The molecule has 0 radical (unpaired) electrons. The average molecular weight is 227 g/mol. The summed E-state index contributed by atoms with van der Waals surface area (Å²) in [7, 11) is 3.11. The van der Waals surface area contributed by atoms with Gasteiger partial charge in [-0.25, -0.2) is 5.06 Å². The van der Waals surface area contributed by atoms with Gasteiger partial charge in [0, 0.05) is 13.1 Å². The van der Waals surface area contributed by atoms with Gasteiger partial charge in [-0.05, 0) is 19.8 Å². The highest BCUT2D eigenvalue weighted by Crippen LogP contribution is 2.10. The summed E-state index contributed by atoms with van der Waals surface area (Å²) >= 11 is 0. The topological polar surface area (TPSA) is 29.5 Å². The molecule has 0 aliphatic carbocycles. The molecule has 16 heavy (non-hydrogen) atoms. The molecular formula is C13H25NO2. The molecule has 0 aliphatic heterocycles. The molecule has 3 nitrogen and oxygen atoms in total. The lowest BCUT2D eigenvalue weighted by Gasteiger charge is -2.11. The van der Waals surface area contributed by atoms with Crippen molar-refractivity contribution in [2.24, 2.45) is 0 Å². The van der Waals surface area contributed by atoms with Crippen LogP contribution in [0.15, 0.2) is 11.6 Å². The molecule has 0 rings (SSSR count). The largest absolute Gasteiger partial charge is 0.274 e. The van der Waals surface area contributed by atoms with Crippen LogP contribution in [0.2, 0.25) is 0 Å². The molecule has 0 aliphatic rings. The predicted octanol–water partition coefficient (Wildman–Crippen LogP) is 3.31. The first kappa shape index (κ1) is 15.2. The van der Waals surface area contributed by atoms with Crippen LogP contribution in [0.25, 0.3) is 0 Å². The number of hydrogen-bond donors (Lipinski definition) is 0. The lowest BCUT2D eigenvalue weighted by Crippen LogP contribution is -2.23. The average Bonchev–Trinajstić information content (AvgIpc) is 2.27. The van der Waals surface area contributed by atoms with Crippen molar-refractivity contribution < 1.29 is 9.63 Å². The Hall–Kier alpha value is -0.830. The smallest absolute Gasteiger partial charge is 0.269 e. The number of hydroxylamine groups is 2. The van der Waals surface area contributed by atoms with Crippen molar-refractivity contribution in [2.45, 2.75) is 52.4 Å². The SMILES string of the molecule is CCCCCCCC(C)=CC(=O)N(C)OC. The maximum Gasteiger partial charge on any atom is 0.269 e. The molecule has 0 spiro atoms. The van der Waals surface area contributed by atoms with Gasteiger partial charge in [0.25, 0.3) is 5.91 Å². The van der Waals surface area contributed by atoms with Crippen LogP contribution < -0.4 is 0 Å². The molecule has 0 aromatic heterocycles. The Bertz CT molecular complexity index is 224. The molecule has 0 fully saturated rings. The number of unbranched alkanes of at least 4 members (excludes halogenated alkanes) is 4. The van der Waals surface area contributed by atoms with E-state index in [2.05, 4.69) is 6.92 Å². The van der Waals surface area contributed by atoms with Crippen molar-refractivity contribution in [2.75, 3.05) is 14.2 Å². The van der Waals surface area contributed by atoms with Crippen LogP contribution in [-0.2, 0) is 9.63 Å². The fraction of sp³-hybridized carbons (Fsp3) is 0.769. The number of carbonyl (C=O) groups is 1. The van der Waals surface area contributed by atoms with Crippen LogP contribution in [0, 0.1) is 0 Å². The van der Waals surface area contributed by atoms with E-state index in [4.69, 9.17) is 4.84 Å². The summed E-state index contributed by atoms with van der Waals surface area (Å²) in [5, 5.41) is 1.24. The van der Waals surface area contributed by atoms with Gasteiger partial charge in [-0.2, -0.15) is 0 Å². The van der Waals surface area contributed by atoms with E-state index in [1.165, 1.54) is 44.3 Å². The molecule has 94 valence electrons. The predicted molar refractivity (Wildman–Crippen MR) is 66.9 cm³/mol. The van der Waals surface area contributed by atoms with Gasteiger partial charge >= 0.3 is 0 Å². The lowest BCUT2D eigenvalue weighted by molar-refractivity contribution is -0.162. The van der Waals surface area contributed by atoms with Gasteiger partial charge in [0.05, 0.1) is 7.11 Å². The number of likely N-dealkylation sites (N-methyl/N-ethyl adjacent to an activating group) is 1. The number of rotatable bonds is 8. The van der Waals surface area contributed by atoms with E-state index in [9.17, 15) is 4.79 Å². The highest BCUT2D eigenvalue weighted by atomic mass is 16.7. The second-order valence-corrected chi connectivity index (χ2v) is 4.17. The fourth-order valence-electron chi connectivity index (χ4n) is 1.47. The van der Waals surface area contributed by atoms with Gasteiger partial charge in [0.1, 0.15) is 0 Å². The molecule has 0 saturated carbocycles. The van der Waals surface area contributed by atoms with Crippen molar-refractivity contribution in [1.29, 1.82) is 0 Å². The summed E-state index contributed by atoms with van der Waals surface area (Å²) in [5.74, 6) is -0.0893. The van der Waals surface area contributed by atoms with Crippen LogP contribution in [0.1, 0.15) is 52.4 Å². The molecule has 0 atom stereocenters. The van der Waals surface area contributed by atoms with Gasteiger partial charge in [-0.15, -0.1) is 0 Å². The van der Waals surface area contributed by atoms with E-state index in [-0.39, 0.29) is 5.91 Å². The Balaban J connectivity index is 3.74. The zero-order valence-corrected chi connectivity index (χ0v) is 11.1. The van der Waals surface area contributed by atoms with Gasteiger partial charge in [-0.3, -0.25) is 9.63 Å². The van der Waals surface area contributed by atoms with E-state index in [1.807, 2.05) is 6.92 Å².